The van der Waals surface area contributed by atoms with Crippen molar-refractivity contribution in [2.24, 2.45) is 0 Å². The second-order valence-corrected chi connectivity index (χ2v) is 7.04. The van der Waals surface area contributed by atoms with Gasteiger partial charge in [-0.25, -0.2) is 4.98 Å². The van der Waals surface area contributed by atoms with Crippen molar-refractivity contribution in [2.45, 2.75) is 18.7 Å². The lowest BCUT2D eigenvalue weighted by atomic mass is 10.0. The van der Waals surface area contributed by atoms with Crippen molar-refractivity contribution >= 4 is 17.2 Å². The molecule has 0 saturated carbocycles. The summed E-state index contributed by atoms with van der Waals surface area (Å²) in [6.07, 6.45) is -5.48. The Kier molecular flexibility index (Phi) is 6.11. The number of alkyl halides is 3. The highest BCUT2D eigenvalue weighted by Gasteiger charge is 2.34. The zero-order valence-corrected chi connectivity index (χ0v) is 15.4. The van der Waals surface area contributed by atoms with Crippen LogP contribution < -0.4 is 5.32 Å². The van der Waals surface area contributed by atoms with Crippen molar-refractivity contribution in [3.8, 4) is 0 Å². The van der Waals surface area contributed by atoms with Crippen molar-refractivity contribution in [1.82, 2.24) is 10.3 Å². The molecule has 0 saturated heterocycles. The monoisotopic (exact) mass is 406 g/mol. The van der Waals surface area contributed by atoms with Gasteiger partial charge >= 0.3 is 6.18 Å². The molecule has 0 aliphatic heterocycles. The first-order valence-electron chi connectivity index (χ1n) is 8.45. The van der Waals surface area contributed by atoms with Gasteiger partial charge in [-0.1, -0.05) is 48.5 Å². The van der Waals surface area contributed by atoms with Gasteiger partial charge in [0.15, 0.2) is 0 Å². The summed E-state index contributed by atoms with van der Waals surface area (Å²) < 4.78 is 39.1. The Hall–Kier alpha value is -2.71. The van der Waals surface area contributed by atoms with E-state index in [9.17, 15) is 23.1 Å². The molecule has 0 aliphatic carbocycles. The fraction of sp³-hybridized carbons (Fsp3) is 0.200. The number of aliphatic hydroxyl groups excluding tert-OH is 1. The number of nitrogens with zero attached hydrogens (tertiary/aromatic N) is 1. The number of rotatable bonds is 6. The number of carbonyl (C=O) groups is 1. The van der Waals surface area contributed by atoms with Gasteiger partial charge < -0.3 is 10.4 Å². The summed E-state index contributed by atoms with van der Waals surface area (Å²) in [4.78, 5) is 16.5. The number of hydrogen-bond acceptors (Lipinski definition) is 4. The lowest BCUT2D eigenvalue weighted by Gasteiger charge is -2.17. The Morgan fingerprint density at radius 1 is 1.11 bits per heavy atom. The van der Waals surface area contributed by atoms with Gasteiger partial charge in [-0.15, -0.1) is 11.3 Å². The van der Waals surface area contributed by atoms with E-state index in [1.165, 1.54) is 29.5 Å². The first-order chi connectivity index (χ1) is 13.3. The summed E-state index contributed by atoms with van der Waals surface area (Å²) in [6.45, 7) is -0.350. The topological polar surface area (TPSA) is 62.2 Å². The van der Waals surface area contributed by atoms with Gasteiger partial charge in [0.2, 0.25) is 0 Å². The number of aromatic nitrogens is 1. The molecular formula is C20H17F3N2O2S. The average molecular weight is 406 g/mol. The van der Waals surface area contributed by atoms with Crippen LogP contribution in [-0.2, 0) is 12.6 Å². The molecule has 3 rings (SSSR count). The molecule has 0 aliphatic rings. The van der Waals surface area contributed by atoms with E-state index in [0.29, 0.717) is 6.42 Å². The van der Waals surface area contributed by atoms with Gasteiger partial charge in [0, 0.05) is 18.3 Å². The summed E-state index contributed by atoms with van der Waals surface area (Å²) in [5.74, 6) is -0.542. The van der Waals surface area contributed by atoms with Gasteiger partial charge in [-0.3, -0.25) is 4.79 Å². The van der Waals surface area contributed by atoms with E-state index >= 15 is 0 Å². The highest BCUT2D eigenvalue weighted by Crippen LogP contribution is 2.34. The third kappa shape index (κ3) is 4.96. The second-order valence-electron chi connectivity index (χ2n) is 6.10. The van der Waals surface area contributed by atoms with E-state index in [2.05, 4.69) is 10.3 Å². The van der Waals surface area contributed by atoms with Crippen LogP contribution >= 0.6 is 11.3 Å². The van der Waals surface area contributed by atoms with Crippen molar-refractivity contribution in [3.63, 3.8) is 0 Å². The Morgan fingerprint density at radius 3 is 2.50 bits per heavy atom. The molecule has 0 bridgehead atoms. The Balaban J connectivity index is 1.62. The molecule has 1 heterocycles. The molecule has 2 N–H and O–H groups in total. The van der Waals surface area contributed by atoms with E-state index in [0.717, 1.165) is 16.6 Å². The standard InChI is InChI=1S/C20H17F3N2O2S/c21-20(22,23)15-9-5-4-8-14(15)17(26)11-24-19(27)16-12-28-18(25-16)10-13-6-2-1-3-7-13/h1-9,12,17,26H,10-11H2,(H,24,27). The van der Waals surface area contributed by atoms with Gasteiger partial charge in [-0.05, 0) is 17.2 Å². The second kappa shape index (κ2) is 8.53. The first-order valence-corrected chi connectivity index (χ1v) is 9.33. The Morgan fingerprint density at radius 2 is 1.79 bits per heavy atom. The molecule has 0 spiro atoms. The normalized spacial score (nSPS) is 12.6. The number of benzene rings is 2. The van der Waals surface area contributed by atoms with Crippen molar-refractivity contribution in [3.05, 3.63) is 87.4 Å². The quantitative estimate of drug-likeness (QED) is 0.645. The van der Waals surface area contributed by atoms with E-state index in [1.807, 2.05) is 30.3 Å². The molecule has 1 atom stereocenters. The van der Waals surface area contributed by atoms with Gasteiger partial charge in [0.05, 0.1) is 16.7 Å². The summed E-state index contributed by atoms with van der Waals surface area (Å²) in [7, 11) is 0. The minimum atomic E-state index is -4.58. The zero-order chi connectivity index (χ0) is 20.1. The Bertz CT molecular complexity index is 942. The SMILES string of the molecule is O=C(NCC(O)c1ccccc1C(F)(F)F)c1csc(Cc2ccccc2)n1. The van der Waals surface area contributed by atoms with Gasteiger partial charge in [-0.2, -0.15) is 13.2 Å². The highest BCUT2D eigenvalue weighted by molar-refractivity contribution is 7.09. The molecule has 28 heavy (non-hydrogen) atoms. The average Bonchev–Trinajstić information content (AvgIpc) is 3.14. The number of hydrogen-bond donors (Lipinski definition) is 2. The van der Waals surface area contributed by atoms with Gasteiger partial charge in [0.25, 0.3) is 5.91 Å². The first kappa shape index (κ1) is 20.0. The van der Waals surface area contributed by atoms with E-state index in [-0.39, 0.29) is 17.8 Å². The lowest BCUT2D eigenvalue weighted by Crippen LogP contribution is -2.29. The smallest absolute Gasteiger partial charge is 0.387 e. The van der Waals surface area contributed by atoms with Crippen LogP contribution in [0.15, 0.2) is 60.0 Å². The third-order valence-corrected chi connectivity index (χ3v) is 4.91. The number of amides is 1. The zero-order valence-electron chi connectivity index (χ0n) is 14.6. The highest BCUT2D eigenvalue weighted by atomic mass is 32.1. The molecule has 8 heteroatoms. The van der Waals surface area contributed by atoms with Gasteiger partial charge in [0.1, 0.15) is 5.69 Å². The maximum absolute atomic E-state index is 13.0. The number of aliphatic hydroxyl groups is 1. The molecule has 146 valence electrons. The van der Waals surface area contributed by atoms with Crippen molar-refractivity contribution in [2.75, 3.05) is 6.54 Å². The summed E-state index contributed by atoms with van der Waals surface area (Å²) in [5.41, 5.74) is 0.0316. The summed E-state index contributed by atoms with van der Waals surface area (Å²) in [5, 5.41) is 14.9. The molecular weight excluding hydrogens is 389 g/mol. The van der Waals surface area contributed by atoms with Crippen LogP contribution in [0.4, 0.5) is 13.2 Å². The van der Waals surface area contributed by atoms with Crippen LogP contribution in [0.1, 0.15) is 38.3 Å². The molecule has 4 nitrogen and oxygen atoms in total. The van der Waals surface area contributed by atoms with Crippen LogP contribution in [0.25, 0.3) is 0 Å². The van der Waals surface area contributed by atoms with E-state index in [4.69, 9.17) is 0 Å². The number of carbonyl (C=O) groups excluding carboxylic acids is 1. The maximum atomic E-state index is 13.0. The fourth-order valence-electron chi connectivity index (χ4n) is 2.70. The maximum Gasteiger partial charge on any atom is 0.416 e. The van der Waals surface area contributed by atoms with Crippen LogP contribution in [0.3, 0.4) is 0 Å². The van der Waals surface area contributed by atoms with E-state index in [1.54, 1.807) is 5.38 Å². The van der Waals surface area contributed by atoms with Crippen molar-refractivity contribution < 1.29 is 23.1 Å². The predicted molar refractivity (Wildman–Crippen MR) is 100 cm³/mol. The number of halogens is 3. The van der Waals surface area contributed by atoms with E-state index < -0.39 is 23.8 Å². The molecule has 2 aromatic carbocycles. The number of nitrogens with one attached hydrogen (secondary N) is 1. The summed E-state index contributed by atoms with van der Waals surface area (Å²) in [6, 6.07) is 14.4. The third-order valence-electron chi connectivity index (χ3n) is 4.06. The van der Waals surface area contributed by atoms with Crippen LogP contribution in [0, 0.1) is 0 Å². The molecule has 3 aromatic rings. The fourth-order valence-corrected chi connectivity index (χ4v) is 3.51. The molecule has 1 aromatic heterocycles. The number of thiazole rings is 1. The predicted octanol–water partition coefficient (Wildman–Crippen LogP) is 4.22. The minimum absolute atomic E-state index is 0.173. The summed E-state index contributed by atoms with van der Waals surface area (Å²) >= 11 is 1.33. The minimum Gasteiger partial charge on any atom is -0.387 e. The van der Waals surface area contributed by atoms with Crippen LogP contribution in [-0.4, -0.2) is 22.5 Å². The van der Waals surface area contributed by atoms with Crippen molar-refractivity contribution in [1.29, 1.82) is 0 Å². The largest absolute Gasteiger partial charge is 0.416 e. The Labute approximate surface area is 163 Å². The lowest BCUT2D eigenvalue weighted by molar-refractivity contribution is -0.139. The van der Waals surface area contributed by atoms with Crippen LogP contribution in [0.2, 0.25) is 0 Å². The van der Waals surface area contributed by atoms with Crippen LogP contribution in [0.5, 0.6) is 0 Å². The molecule has 0 radical (unpaired) electrons. The molecule has 1 amide bonds. The molecule has 0 fully saturated rings. The molecule has 1 unspecified atom stereocenters.